The van der Waals surface area contributed by atoms with Crippen molar-refractivity contribution in [1.82, 2.24) is 20.0 Å². The quantitative estimate of drug-likeness (QED) is 0.413. The molecule has 2 heterocycles. The van der Waals surface area contributed by atoms with Crippen LogP contribution in [0.3, 0.4) is 0 Å². The number of nitrogens with zero attached hydrogens (tertiary/aromatic N) is 4. The van der Waals surface area contributed by atoms with Crippen LogP contribution < -0.4 is 19.7 Å². The second kappa shape index (κ2) is 8.64. The Bertz CT molecular complexity index is 1630. The fourth-order valence-electron chi connectivity index (χ4n) is 3.88. The monoisotopic (exact) mass is 469 g/mol. The normalized spacial score (nSPS) is 11.9. The van der Waals surface area contributed by atoms with E-state index in [1.54, 1.807) is 0 Å². The maximum Gasteiger partial charge on any atom is 0.266 e. The van der Waals surface area contributed by atoms with Gasteiger partial charge in [0.1, 0.15) is 22.5 Å². The molecule has 0 spiro atoms. The van der Waals surface area contributed by atoms with Gasteiger partial charge in [-0.1, -0.05) is 36.9 Å². The molecule has 0 fully saturated rings. The van der Waals surface area contributed by atoms with E-state index < -0.39 is 0 Å². The van der Waals surface area contributed by atoms with Crippen molar-refractivity contribution < 1.29 is 5.11 Å². The van der Waals surface area contributed by atoms with Gasteiger partial charge in [-0.25, -0.2) is 0 Å². The second-order valence-electron chi connectivity index (χ2n) is 8.21. The second-order valence-corrected chi connectivity index (χ2v) is 9.34. The van der Waals surface area contributed by atoms with E-state index in [-0.39, 0.29) is 11.3 Å². The standard InChI is InChI=1S/C26H23N5O2S/c1-16-12-19(25(32)23(13-16)31-28-21-6-4-5-7-22(21)29-31)15-30(3)20-10-8-18(9-11-20)14-24-26(33)27-17(2)34-24/h4-14,32H,2,15H2,1,3H3,(H,27,33)/b24-14-. The molecule has 0 atom stereocenters. The molecule has 3 aromatic carbocycles. The summed E-state index contributed by atoms with van der Waals surface area (Å²) in [7, 11) is 1.97. The molecule has 0 saturated carbocycles. The van der Waals surface area contributed by atoms with Crippen LogP contribution in [0.2, 0.25) is 0 Å². The minimum atomic E-state index is -0.124. The Hall–Kier alpha value is -4.17. The first-order valence-electron chi connectivity index (χ1n) is 10.7. The molecule has 8 heteroatoms. The van der Waals surface area contributed by atoms with Crippen molar-refractivity contribution in [1.29, 1.82) is 0 Å². The van der Waals surface area contributed by atoms with Gasteiger partial charge in [0.25, 0.3) is 5.56 Å². The topological polar surface area (TPSA) is 87.0 Å². The Morgan fingerprint density at radius 2 is 1.79 bits per heavy atom. The molecule has 0 amide bonds. The third-order valence-corrected chi connectivity index (χ3v) is 6.44. The third-order valence-electron chi connectivity index (χ3n) is 5.56. The Kier molecular flexibility index (Phi) is 5.51. The summed E-state index contributed by atoms with van der Waals surface area (Å²) in [4.78, 5) is 18.1. The molecular weight excluding hydrogens is 446 g/mol. The Labute approximate surface area is 199 Å². The zero-order valence-electron chi connectivity index (χ0n) is 18.8. The molecule has 0 aliphatic heterocycles. The highest BCUT2D eigenvalue weighted by atomic mass is 32.1. The van der Waals surface area contributed by atoms with Crippen molar-refractivity contribution in [3.8, 4) is 11.4 Å². The predicted molar refractivity (Wildman–Crippen MR) is 137 cm³/mol. The number of anilines is 1. The average molecular weight is 470 g/mol. The van der Waals surface area contributed by atoms with Crippen LogP contribution in [-0.4, -0.2) is 32.1 Å². The largest absolute Gasteiger partial charge is 0.505 e. The number of fused-ring (bicyclic) bond motifs is 1. The summed E-state index contributed by atoms with van der Waals surface area (Å²) >= 11 is 1.34. The van der Waals surface area contributed by atoms with Gasteiger partial charge < -0.3 is 15.0 Å². The van der Waals surface area contributed by atoms with E-state index in [1.165, 1.54) is 16.1 Å². The van der Waals surface area contributed by atoms with Crippen LogP contribution in [0.5, 0.6) is 5.75 Å². The van der Waals surface area contributed by atoms with Gasteiger partial charge in [0.15, 0.2) is 0 Å². The lowest BCUT2D eigenvalue weighted by Crippen LogP contribution is -2.19. The number of aromatic hydroxyl groups is 1. The van der Waals surface area contributed by atoms with Gasteiger partial charge in [0.2, 0.25) is 0 Å². The number of phenolic OH excluding ortho intramolecular Hbond substituents is 1. The van der Waals surface area contributed by atoms with Gasteiger partial charge in [0, 0.05) is 24.8 Å². The van der Waals surface area contributed by atoms with E-state index in [4.69, 9.17) is 0 Å². The number of hydrogen-bond acceptors (Lipinski definition) is 6. The molecular formula is C26H23N5O2S. The maximum atomic E-state index is 11.9. The number of phenols is 1. The molecule has 2 N–H and O–H groups in total. The number of benzene rings is 3. The fraction of sp³-hybridized carbons (Fsp3) is 0.115. The van der Waals surface area contributed by atoms with Crippen molar-refractivity contribution in [2.24, 2.45) is 0 Å². The minimum absolute atomic E-state index is 0.124. The summed E-state index contributed by atoms with van der Waals surface area (Å²) in [5.41, 5.74) is 5.68. The van der Waals surface area contributed by atoms with Crippen LogP contribution in [-0.2, 0) is 6.54 Å². The maximum absolute atomic E-state index is 11.9. The van der Waals surface area contributed by atoms with Crippen LogP contribution in [0, 0.1) is 6.92 Å². The first-order valence-corrected chi connectivity index (χ1v) is 11.5. The summed E-state index contributed by atoms with van der Waals surface area (Å²) in [5.74, 6) is 0.156. The zero-order valence-corrected chi connectivity index (χ0v) is 19.6. The smallest absolute Gasteiger partial charge is 0.266 e. The van der Waals surface area contributed by atoms with Crippen molar-refractivity contribution >= 4 is 40.7 Å². The summed E-state index contributed by atoms with van der Waals surface area (Å²) < 4.78 is 1.27. The number of thiazole rings is 1. The van der Waals surface area contributed by atoms with E-state index in [9.17, 15) is 9.90 Å². The highest BCUT2D eigenvalue weighted by molar-refractivity contribution is 7.07. The molecule has 5 rings (SSSR count). The van der Waals surface area contributed by atoms with Crippen molar-refractivity contribution in [3.63, 3.8) is 0 Å². The predicted octanol–water partition coefficient (Wildman–Crippen LogP) is 3.06. The molecule has 0 bridgehead atoms. The lowest BCUT2D eigenvalue weighted by molar-refractivity contribution is 0.460. The molecule has 0 unspecified atom stereocenters. The number of aromatic nitrogens is 4. The molecule has 0 radical (unpaired) electrons. The highest BCUT2D eigenvalue weighted by Gasteiger charge is 2.15. The molecule has 5 aromatic rings. The zero-order chi connectivity index (χ0) is 23.8. The van der Waals surface area contributed by atoms with Crippen molar-refractivity contribution in [3.05, 3.63) is 96.9 Å². The Morgan fingerprint density at radius 1 is 1.12 bits per heavy atom. The van der Waals surface area contributed by atoms with E-state index in [0.717, 1.165) is 33.4 Å². The number of aryl methyl sites for hydroxylation is 1. The number of rotatable bonds is 5. The van der Waals surface area contributed by atoms with Gasteiger partial charge >= 0.3 is 0 Å². The van der Waals surface area contributed by atoms with E-state index in [0.29, 0.717) is 21.4 Å². The van der Waals surface area contributed by atoms with Crippen LogP contribution in [0.4, 0.5) is 5.69 Å². The van der Waals surface area contributed by atoms with E-state index in [2.05, 4.69) is 26.7 Å². The summed E-state index contributed by atoms with van der Waals surface area (Å²) in [5, 5.41) is 20.1. The van der Waals surface area contributed by atoms with Crippen LogP contribution in [0.25, 0.3) is 29.4 Å². The highest BCUT2D eigenvalue weighted by Crippen LogP contribution is 2.30. The number of aromatic amines is 1. The first-order chi connectivity index (χ1) is 16.4. The van der Waals surface area contributed by atoms with Crippen LogP contribution >= 0.6 is 11.3 Å². The molecule has 0 saturated heterocycles. The molecule has 2 aromatic heterocycles. The van der Waals surface area contributed by atoms with Gasteiger partial charge in [-0.15, -0.1) is 26.3 Å². The van der Waals surface area contributed by atoms with Crippen LogP contribution in [0.1, 0.15) is 16.7 Å². The van der Waals surface area contributed by atoms with Crippen LogP contribution in [0.15, 0.2) is 65.5 Å². The molecule has 170 valence electrons. The summed E-state index contributed by atoms with van der Waals surface area (Å²) in [6.45, 7) is 6.27. The molecule has 34 heavy (non-hydrogen) atoms. The van der Waals surface area contributed by atoms with Crippen molar-refractivity contribution in [2.75, 3.05) is 11.9 Å². The lowest BCUT2D eigenvalue weighted by atomic mass is 10.1. The molecule has 0 aliphatic carbocycles. The molecule has 0 aliphatic rings. The first kappa shape index (κ1) is 21.7. The third kappa shape index (κ3) is 4.23. The number of hydrogen-bond donors (Lipinski definition) is 2. The number of nitrogens with one attached hydrogen (secondary N) is 1. The van der Waals surface area contributed by atoms with Gasteiger partial charge in [-0.05, 0) is 54.5 Å². The van der Waals surface area contributed by atoms with E-state index >= 15 is 0 Å². The number of H-pyrrole nitrogens is 1. The van der Waals surface area contributed by atoms with E-state index in [1.807, 2.05) is 80.7 Å². The van der Waals surface area contributed by atoms with Crippen molar-refractivity contribution in [2.45, 2.75) is 13.5 Å². The lowest BCUT2D eigenvalue weighted by Gasteiger charge is -2.21. The molecule has 7 nitrogen and oxygen atoms in total. The van der Waals surface area contributed by atoms with Gasteiger partial charge in [0.05, 0.1) is 9.20 Å². The summed E-state index contributed by atoms with van der Waals surface area (Å²) in [6, 6.07) is 19.4. The van der Waals surface area contributed by atoms with Gasteiger partial charge in [-0.3, -0.25) is 4.79 Å². The SMILES string of the molecule is C=c1[nH]c(=O)/c(=C/c2ccc(N(C)Cc3cc(C)cc(-n4nc5ccccc5n4)c3O)cc2)s1. The Balaban J connectivity index is 1.42. The minimum Gasteiger partial charge on any atom is -0.505 e. The average Bonchev–Trinajstić information content (AvgIpc) is 3.38. The Morgan fingerprint density at radius 3 is 2.41 bits per heavy atom. The fourth-order valence-corrected chi connectivity index (χ4v) is 4.63. The summed E-state index contributed by atoms with van der Waals surface area (Å²) in [6.07, 6.45) is 1.85. The van der Waals surface area contributed by atoms with Gasteiger partial charge in [-0.2, -0.15) is 0 Å².